The maximum Gasteiger partial charge on any atom is 0.244 e. The quantitative estimate of drug-likeness (QED) is 0.832. The summed E-state index contributed by atoms with van der Waals surface area (Å²) in [5.74, 6) is 1.55. The summed E-state index contributed by atoms with van der Waals surface area (Å²) in [4.78, 5) is 10.8. The summed E-state index contributed by atoms with van der Waals surface area (Å²) >= 11 is 5.88. The molecular weight excluding hydrogens is 348 g/mol. The highest BCUT2D eigenvalue weighted by Crippen LogP contribution is 2.35. The number of anilines is 1. The van der Waals surface area contributed by atoms with E-state index in [-0.39, 0.29) is 4.90 Å². The predicted molar refractivity (Wildman–Crippen MR) is 91.4 cm³/mol. The van der Waals surface area contributed by atoms with E-state index in [2.05, 4.69) is 14.9 Å². The summed E-state index contributed by atoms with van der Waals surface area (Å²) in [6.07, 6.45) is 4.63. The fourth-order valence-electron chi connectivity index (χ4n) is 3.54. The Morgan fingerprint density at radius 2 is 1.79 bits per heavy atom. The lowest BCUT2D eigenvalue weighted by Crippen LogP contribution is -2.33. The van der Waals surface area contributed by atoms with Gasteiger partial charge in [0.15, 0.2) is 0 Å². The van der Waals surface area contributed by atoms with Gasteiger partial charge in [-0.1, -0.05) is 11.6 Å². The van der Waals surface area contributed by atoms with E-state index in [0.717, 1.165) is 18.9 Å². The van der Waals surface area contributed by atoms with E-state index in [4.69, 9.17) is 11.6 Å². The second kappa shape index (κ2) is 5.98. The second-order valence-electron chi connectivity index (χ2n) is 6.27. The summed E-state index contributed by atoms with van der Waals surface area (Å²) in [5, 5.41) is 0.617. The smallest absolute Gasteiger partial charge is 0.244 e. The van der Waals surface area contributed by atoms with Crippen LogP contribution in [-0.4, -0.2) is 48.9 Å². The number of nitrogens with zero attached hydrogens (tertiary/aromatic N) is 4. The number of hydrogen-bond donors (Lipinski definition) is 0. The summed E-state index contributed by atoms with van der Waals surface area (Å²) in [6.45, 7) is 2.73. The van der Waals surface area contributed by atoms with Gasteiger partial charge in [0.05, 0.1) is 5.02 Å². The number of hydrogen-bond acceptors (Lipinski definition) is 5. The van der Waals surface area contributed by atoms with Crippen molar-refractivity contribution >= 4 is 27.4 Å². The third-order valence-electron chi connectivity index (χ3n) is 4.76. The van der Waals surface area contributed by atoms with Crippen LogP contribution in [0.3, 0.4) is 0 Å². The van der Waals surface area contributed by atoms with Gasteiger partial charge in [0, 0.05) is 44.8 Å². The van der Waals surface area contributed by atoms with Gasteiger partial charge in [0.2, 0.25) is 10.0 Å². The molecule has 4 heterocycles. The molecule has 2 unspecified atom stereocenters. The van der Waals surface area contributed by atoms with Crippen LogP contribution >= 0.6 is 11.6 Å². The second-order valence-corrected chi connectivity index (χ2v) is 8.64. The van der Waals surface area contributed by atoms with Crippen LogP contribution in [0.5, 0.6) is 0 Å². The summed E-state index contributed by atoms with van der Waals surface area (Å²) in [5.41, 5.74) is 0. The van der Waals surface area contributed by atoms with Crippen molar-refractivity contribution in [2.45, 2.75) is 4.90 Å². The van der Waals surface area contributed by atoms with E-state index in [1.54, 1.807) is 28.8 Å². The summed E-state index contributed by atoms with van der Waals surface area (Å²) in [7, 11) is -3.45. The lowest BCUT2D eigenvalue weighted by atomic mass is 10.0. The fourth-order valence-corrected chi connectivity index (χ4v) is 5.17. The molecule has 0 bridgehead atoms. The predicted octanol–water partition coefficient (Wildman–Crippen LogP) is 1.89. The molecule has 2 atom stereocenters. The number of fused-ring (bicyclic) bond motifs is 1. The molecule has 2 aromatic rings. The Balaban J connectivity index is 1.47. The molecule has 0 radical (unpaired) electrons. The van der Waals surface area contributed by atoms with Crippen LogP contribution < -0.4 is 4.90 Å². The van der Waals surface area contributed by atoms with Crippen molar-refractivity contribution in [3.63, 3.8) is 0 Å². The van der Waals surface area contributed by atoms with Gasteiger partial charge in [-0.25, -0.2) is 13.4 Å². The molecule has 0 amide bonds. The minimum atomic E-state index is -3.45. The van der Waals surface area contributed by atoms with E-state index < -0.39 is 10.0 Å². The number of halogens is 1. The molecule has 0 saturated carbocycles. The van der Waals surface area contributed by atoms with Gasteiger partial charge >= 0.3 is 0 Å². The van der Waals surface area contributed by atoms with E-state index >= 15 is 0 Å². The molecule has 0 N–H and O–H groups in total. The zero-order valence-corrected chi connectivity index (χ0v) is 14.5. The molecular formula is C16H17ClN4O2S. The molecule has 2 aliphatic heterocycles. The number of sulfonamides is 1. The lowest BCUT2D eigenvalue weighted by Gasteiger charge is -2.22. The van der Waals surface area contributed by atoms with Crippen LogP contribution in [-0.2, 0) is 10.0 Å². The lowest BCUT2D eigenvalue weighted by molar-refractivity contribution is 0.453. The average Bonchev–Trinajstić information content (AvgIpc) is 3.16. The Hall–Kier alpha value is -1.70. The minimum absolute atomic E-state index is 0.265. The Bertz CT molecular complexity index is 815. The molecule has 2 aromatic heterocycles. The number of pyridine rings is 2. The molecule has 0 aromatic carbocycles. The molecule has 0 aliphatic carbocycles. The highest BCUT2D eigenvalue weighted by atomic mass is 35.5. The van der Waals surface area contributed by atoms with Gasteiger partial charge in [-0.15, -0.1) is 0 Å². The van der Waals surface area contributed by atoms with Gasteiger partial charge < -0.3 is 4.90 Å². The SMILES string of the molecule is O=S(=O)(c1cccnc1)N1CC2CN(c3ccc(Cl)cn3)CC2C1. The Kier molecular flexibility index (Phi) is 3.94. The van der Waals surface area contributed by atoms with Gasteiger partial charge in [0.25, 0.3) is 0 Å². The molecule has 126 valence electrons. The molecule has 8 heteroatoms. The first kappa shape index (κ1) is 15.8. The van der Waals surface area contributed by atoms with Crippen molar-refractivity contribution in [3.8, 4) is 0 Å². The van der Waals surface area contributed by atoms with Crippen molar-refractivity contribution in [1.82, 2.24) is 14.3 Å². The number of aromatic nitrogens is 2. The van der Waals surface area contributed by atoms with Crippen LogP contribution in [0.4, 0.5) is 5.82 Å². The normalized spacial score (nSPS) is 24.3. The van der Waals surface area contributed by atoms with Crippen LogP contribution in [0.15, 0.2) is 47.8 Å². The molecule has 0 spiro atoms. The maximum absolute atomic E-state index is 12.7. The topological polar surface area (TPSA) is 66.4 Å². The molecule has 6 nitrogen and oxygen atoms in total. The minimum Gasteiger partial charge on any atom is -0.356 e. The Labute approximate surface area is 146 Å². The molecule has 2 fully saturated rings. The van der Waals surface area contributed by atoms with E-state index in [1.807, 2.05) is 12.1 Å². The molecule has 2 aliphatic rings. The van der Waals surface area contributed by atoms with Crippen molar-refractivity contribution in [3.05, 3.63) is 47.9 Å². The van der Waals surface area contributed by atoms with Crippen molar-refractivity contribution in [2.24, 2.45) is 11.8 Å². The summed E-state index contributed by atoms with van der Waals surface area (Å²) < 4.78 is 27.0. The Morgan fingerprint density at radius 1 is 1.04 bits per heavy atom. The van der Waals surface area contributed by atoms with Crippen LogP contribution in [0.1, 0.15) is 0 Å². The highest BCUT2D eigenvalue weighted by Gasteiger charge is 2.44. The molecule has 2 saturated heterocycles. The third-order valence-corrected chi connectivity index (χ3v) is 6.80. The molecule has 4 rings (SSSR count). The fraction of sp³-hybridized carbons (Fsp3) is 0.375. The largest absolute Gasteiger partial charge is 0.356 e. The first-order chi connectivity index (χ1) is 11.5. The first-order valence-corrected chi connectivity index (χ1v) is 9.62. The van der Waals surface area contributed by atoms with Gasteiger partial charge in [-0.05, 0) is 36.1 Å². The van der Waals surface area contributed by atoms with E-state index in [0.29, 0.717) is 29.9 Å². The monoisotopic (exact) mass is 364 g/mol. The van der Waals surface area contributed by atoms with Crippen molar-refractivity contribution < 1.29 is 8.42 Å². The molecule has 24 heavy (non-hydrogen) atoms. The van der Waals surface area contributed by atoms with Crippen LogP contribution in [0.2, 0.25) is 5.02 Å². The Morgan fingerprint density at radius 3 is 2.38 bits per heavy atom. The van der Waals surface area contributed by atoms with Crippen molar-refractivity contribution in [2.75, 3.05) is 31.1 Å². The zero-order chi connectivity index (χ0) is 16.7. The standard InChI is InChI=1S/C16H17ClN4O2S/c17-14-3-4-16(19-6-14)20-8-12-10-21(11-13(12)9-20)24(22,23)15-2-1-5-18-7-15/h1-7,12-13H,8-11H2. The van der Waals surface area contributed by atoms with Crippen LogP contribution in [0.25, 0.3) is 0 Å². The van der Waals surface area contributed by atoms with E-state index in [1.165, 1.54) is 6.20 Å². The van der Waals surface area contributed by atoms with Gasteiger partial charge in [0.1, 0.15) is 10.7 Å². The maximum atomic E-state index is 12.7. The average molecular weight is 365 g/mol. The summed E-state index contributed by atoms with van der Waals surface area (Å²) in [6, 6.07) is 6.99. The zero-order valence-electron chi connectivity index (χ0n) is 12.9. The number of rotatable bonds is 3. The first-order valence-electron chi connectivity index (χ1n) is 7.81. The van der Waals surface area contributed by atoms with E-state index in [9.17, 15) is 8.42 Å². The van der Waals surface area contributed by atoms with Crippen LogP contribution in [0, 0.1) is 11.8 Å². The highest BCUT2D eigenvalue weighted by molar-refractivity contribution is 7.89. The van der Waals surface area contributed by atoms with Crippen molar-refractivity contribution in [1.29, 1.82) is 0 Å². The third kappa shape index (κ3) is 2.76. The van der Waals surface area contributed by atoms with Gasteiger partial charge in [-0.2, -0.15) is 4.31 Å². The van der Waals surface area contributed by atoms with Gasteiger partial charge in [-0.3, -0.25) is 4.98 Å².